The molecule has 3 rings (SSSR count). The van der Waals surface area contributed by atoms with Crippen LogP contribution in [0.3, 0.4) is 0 Å². The Kier molecular flexibility index (Phi) is 3.58. The van der Waals surface area contributed by atoms with Gasteiger partial charge in [0.15, 0.2) is 9.84 Å². The molecule has 1 aliphatic carbocycles. The van der Waals surface area contributed by atoms with Crippen LogP contribution in [-0.4, -0.2) is 20.2 Å². The average molecular weight is 297 g/mol. The van der Waals surface area contributed by atoms with E-state index in [-0.39, 0.29) is 17.6 Å². The summed E-state index contributed by atoms with van der Waals surface area (Å²) in [5, 5.41) is 3.54. The Morgan fingerprint density at radius 1 is 1.25 bits per heavy atom. The predicted octanol–water partition coefficient (Wildman–Crippen LogP) is 2.82. The number of hydrogen-bond acceptors (Lipinski definition) is 3. The smallest absolute Gasteiger partial charge is 0.178 e. The van der Waals surface area contributed by atoms with E-state index >= 15 is 0 Å². The Labute approximate surface area is 119 Å². The van der Waals surface area contributed by atoms with Crippen LogP contribution in [-0.2, 0) is 9.84 Å². The van der Waals surface area contributed by atoms with Crippen molar-refractivity contribution in [3.8, 4) is 0 Å². The molecular formula is C15H20FNO2S. The second-order valence-corrected chi connectivity index (χ2v) is 8.20. The van der Waals surface area contributed by atoms with E-state index in [9.17, 15) is 12.8 Å². The van der Waals surface area contributed by atoms with Crippen LogP contribution in [0.25, 0.3) is 0 Å². The molecule has 5 heteroatoms. The fourth-order valence-corrected chi connectivity index (χ4v) is 5.03. The third-order valence-electron chi connectivity index (χ3n) is 4.49. The first-order valence-electron chi connectivity index (χ1n) is 7.24. The van der Waals surface area contributed by atoms with Gasteiger partial charge < -0.3 is 5.32 Å². The molecule has 0 spiro atoms. The summed E-state index contributed by atoms with van der Waals surface area (Å²) in [5.74, 6) is 0.491. The zero-order chi connectivity index (χ0) is 14.3. The highest BCUT2D eigenvalue weighted by atomic mass is 32.2. The van der Waals surface area contributed by atoms with Crippen molar-refractivity contribution in [2.24, 2.45) is 5.92 Å². The maximum atomic E-state index is 13.5. The van der Waals surface area contributed by atoms with Crippen molar-refractivity contribution in [3.63, 3.8) is 0 Å². The number of rotatable bonds is 2. The van der Waals surface area contributed by atoms with E-state index in [1.165, 1.54) is 24.6 Å². The van der Waals surface area contributed by atoms with Crippen LogP contribution in [0, 0.1) is 11.7 Å². The van der Waals surface area contributed by atoms with Crippen LogP contribution < -0.4 is 5.32 Å². The summed E-state index contributed by atoms with van der Waals surface area (Å²) in [5.41, 5.74) is 0.607. The molecule has 0 aromatic heterocycles. The summed E-state index contributed by atoms with van der Waals surface area (Å²) in [6, 6.07) is 4.40. The van der Waals surface area contributed by atoms with Gasteiger partial charge in [-0.05, 0) is 55.4 Å². The molecule has 1 aromatic carbocycles. The second-order valence-electron chi connectivity index (χ2n) is 6.12. The normalized spacial score (nSPS) is 32.0. The first-order chi connectivity index (χ1) is 9.45. The maximum absolute atomic E-state index is 13.5. The molecule has 0 amide bonds. The summed E-state index contributed by atoms with van der Waals surface area (Å²) >= 11 is 0. The molecule has 0 radical (unpaired) electrons. The SMILES string of the molecule is CC1CCC(NC2CCS(=O)(=O)c3ccc(F)cc32)C1. The number of benzene rings is 1. The molecule has 1 fully saturated rings. The van der Waals surface area contributed by atoms with Crippen molar-refractivity contribution in [3.05, 3.63) is 29.6 Å². The van der Waals surface area contributed by atoms with E-state index in [4.69, 9.17) is 0 Å². The van der Waals surface area contributed by atoms with E-state index in [1.54, 1.807) is 0 Å². The quantitative estimate of drug-likeness (QED) is 0.854. The largest absolute Gasteiger partial charge is 0.307 e. The van der Waals surface area contributed by atoms with E-state index in [2.05, 4.69) is 12.2 Å². The van der Waals surface area contributed by atoms with Gasteiger partial charge in [0, 0.05) is 12.1 Å². The van der Waals surface area contributed by atoms with Gasteiger partial charge >= 0.3 is 0 Å². The second kappa shape index (κ2) is 5.11. The lowest BCUT2D eigenvalue weighted by Gasteiger charge is -2.29. The van der Waals surface area contributed by atoms with Crippen molar-refractivity contribution in [2.45, 2.75) is 49.6 Å². The standard InChI is InChI=1S/C15H20FNO2S/c1-10-2-4-12(8-10)17-14-6-7-20(18,19)15-5-3-11(16)9-13(14)15/h3,5,9-10,12,14,17H,2,4,6-8H2,1H3. The van der Waals surface area contributed by atoms with Crippen LogP contribution in [0.5, 0.6) is 0 Å². The minimum atomic E-state index is -3.24. The van der Waals surface area contributed by atoms with Crippen LogP contribution >= 0.6 is 0 Å². The molecule has 3 atom stereocenters. The van der Waals surface area contributed by atoms with E-state index in [1.807, 2.05) is 0 Å². The van der Waals surface area contributed by atoms with E-state index in [0.29, 0.717) is 28.8 Å². The molecule has 3 nitrogen and oxygen atoms in total. The molecule has 0 saturated heterocycles. The fourth-order valence-electron chi connectivity index (χ4n) is 3.43. The van der Waals surface area contributed by atoms with Gasteiger partial charge in [0.1, 0.15) is 5.82 Å². The number of sulfone groups is 1. The lowest BCUT2D eigenvalue weighted by atomic mass is 10.0. The maximum Gasteiger partial charge on any atom is 0.178 e. The first-order valence-corrected chi connectivity index (χ1v) is 8.89. The highest BCUT2D eigenvalue weighted by Gasteiger charge is 2.33. The summed E-state index contributed by atoms with van der Waals surface area (Å²) in [7, 11) is -3.24. The Morgan fingerprint density at radius 3 is 2.75 bits per heavy atom. The van der Waals surface area contributed by atoms with E-state index in [0.717, 1.165) is 12.8 Å². The first kappa shape index (κ1) is 14.0. The molecule has 1 aliphatic heterocycles. The molecule has 1 saturated carbocycles. The summed E-state index contributed by atoms with van der Waals surface area (Å²) < 4.78 is 37.6. The molecule has 2 aliphatic rings. The number of fused-ring (bicyclic) bond motifs is 1. The van der Waals surface area contributed by atoms with Crippen LogP contribution in [0.15, 0.2) is 23.1 Å². The molecule has 20 heavy (non-hydrogen) atoms. The van der Waals surface area contributed by atoms with Crippen LogP contribution in [0.2, 0.25) is 0 Å². The molecule has 110 valence electrons. The number of halogens is 1. The number of nitrogens with one attached hydrogen (secondary N) is 1. The molecule has 1 N–H and O–H groups in total. The Bertz CT molecular complexity index is 614. The van der Waals surface area contributed by atoms with Gasteiger partial charge in [-0.25, -0.2) is 12.8 Å². The van der Waals surface area contributed by atoms with Crippen molar-refractivity contribution in [1.82, 2.24) is 5.32 Å². The molecule has 0 bridgehead atoms. The van der Waals surface area contributed by atoms with Gasteiger partial charge in [-0.3, -0.25) is 0 Å². The molecule has 3 unspecified atom stereocenters. The Morgan fingerprint density at radius 2 is 2.05 bits per heavy atom. The summed E-state index contributed by atoms with van der Waals surface area (Å²) in [4.78, 5) is 0.300. The van der Waals surface area contributed by atoms with E-state index < -0.39 is 9.84 Å². The summed E-state index contributed by atoms with van der Waals surface area (Å²) in [6.07, 6.45) is 3.98. The monoisotopic (exact) mass is 297 g/mol. The lowest BCUT2D eigenvalue weighted by Crippen LogP contribution is -2.35. The molecule has 1 aromatic rings. The van der Waals surface area contributed by atoms with Crippen molar-refractivity contribution < 1.29 is 12.8 Å². The van der Waals surface area contributed by atoms with Gasteiger partial charge in [-0.1, -0.05) is 6.92 Å². The van der Waals surface area contributed by atoms with Crippen LogP contribution in [0.1, 0.15) is 44.2 Å². The Hall–Kier alpha value is -0.940. The van der Waals surface area contributed by atoms with Gasteiger partial charge in [-0.2, -0.15) is 0 Å². The zero-order valence-electron chi connectivity index (χ0n) is 11.6. The highest BCUT2D eigenvalue weighted by molar-refractivity contribution is 7.91. The molecule has 1 heterocycles. The van der Waals surface area contributed by atoms with Crippen LogP contribution in [0.4, 0.5) is 4.39 Å². The lowest BCUT2D eigenvalue weighted by molar-refractivity contribution is 0.409. The topological polar surface area (TPSA) is 46.2 Å². The average Bonchev–Trinajstić information content (AvgIpc) is 2.78. The summed E-state index contributed by atoms with van der Waals surface area (Å²) in [6.45, 7) is 2.24. The third-order valence-corrected chi connectivity index (χ3v) is 6.30. The zero-order valence-corrected chi connectivity index (χ0v) is 12.4. The van der Waals surface area contributed by atoms with Crippen molar-refractivity contribution in [2.75, 3.05) is 5.75 Å². The van der Waals surface area contributed by atoms with Gasteiger partial charge in [0.2, 0.25) is 0 Å². The Balaban J connectivity index is 1.89. The van der Waals surface area contributed by atoms with Crippen molar-refractivity contribution >= 4 is 9.84 Å². The van der Waals surface area contributed by atoms with Crippen molar-refractivity contribution in [1.29, 1.82) is 0 Å². The number of hydrogen-bond donors (Lipinski definition) is 1. The van der Waals surface area contributed by atoms with Gasteiger partial charge in [0.25, 0.3) is 0 Å². The van der Waals surface area contributed by atoms with Gasteiger partial charge in [-0.15, -0.1) is 0 Å². The molecular weight excluding hydrogens is 277 g/mol. The van der Waals surface area contributed by atoms with Gasteiger partial charge in [0.05, 0.1) is 10.6 Å². The minimum absolute atomic E-state index is 0.0421. The third kappa shape index (κ3) is 2.61. The fraction of sp³-hybridized carbons (Fsp3) is 0.600. The minimum Gasteiger partial charge on any atom is -0.307 e. The predicted molar refractivity (Wildman–Crippen MR) is 75.7 cm³/mol. The highest BCUT2D eigenvalue weighted by Crippen LogP contribution is 2.35.